The average molecular weight is 400 g/mol. The predicted octanol–water partition coefficient (Wildman–Crippen LogP) is 5.21. The zero-order valence-corrected chi connectivity index (χ0v) is 16.5. The van der Waals surface area contributed by atoms with Crippen LogP contribution in [0, 0.1) is 0 Å². The van der Waals surface area contributed by atoms with E-state index in [1.807, 2.05) is 42.5 Å². The highest BCUT2D eigenvalue weighted by molar-refractivity contribution is 5.84. The van der Waals surface area contributed by atoms with Gasteiger partial charge >= 0.3 is 11.9 Å². The topological polar surface area (TPSA) is 61.8 Å². The Morgan fingerprint density at radius 2 is 1.17 bits per heavy atom. The number of carbonyl (C=O) groups is 2. The van der Waals surface area contributed by atoms with E-state index in [9.17, 15) is 9.59 Å². The lowest BCUT2D eigenvalue weighted by Gasteiger charge is -2.12. The highest BCUT2D eigenvalue weighted by Crippen LogP contribution is 2.35. The molecular formula is C25H20O5. The highest BCUT2D eigenvalue weighted by Gasteiger charge is 2.10. The molecule has 0 saturated carbocycles. The first-order chi connectivity index (χ1) is 14.5. The van der Waals surface area contributed by atoms with Crippen molar-refractivity contribution >= 4 is 11.9 Å². The molecule has 3 rings (SSSR count). The third kappa shape index (κ3) is 4.83. The number of hydrogen-bond donors (Lipinski definition) is 0. The molecule has 150 valence electrons. The lowest BCUT2D eigenvalue weighted by Crippen LogP contribution is -2.02. The Bertz CT molecular complexity index is 1080. The molecule has 30 heavy (non-hydrogen) atoms. The van der Waals surface area contributed by atoms with Crippen LogP contribution in [0.4, 0.5) is 0 Å². The van der Waals surface area contributed by atoms with Crippen LogP contribution in [0.25, 0.3) is 22.3 Å². The summed E-state index contributed by atoms with van der Waals surface area (Å²) in [6.07, 6.45) is 2.24. The Morgan fingerprint density at radius 3 is 1.63 bits per heavy atom. The second kappa shape index (κ2) is 9.39. The fourth-order valence-corrected chi connectivity index (χ4v) is 2.84. The van der Waals surface area contributed by atoms with Crippen LogP contribution in [0.1, 0.15) is 0 Å². The monoisotopic (exact) mass is 400 g/mol. The van der Waals surface area contributed by atoms with Gasteiger partial charge in [-0.05, 0) is 47.0 Å². The molecule has 0 aromatic heterocycles. The smallest absolute Gasteiger partial charge is 0.335 e. The lowest BCUT2D eigenvalue weighted by molar-refractivity contribution is -0.129. The molecule has 0 spiro atoms. The van der Waals surface area contributed by atoms with Gasteiger partial charge in [0.15, 0.2) is 0 Å². The van der Waals surface area contributed by atoms with Crippen molar-refractivity contribution in [2.45, 2.75) is 0 Å². The summed E-state index contributed by atoms with van der Waals surface area (Å²) in [6.45, 7) is 6.76. The van der Waals surface area contributed by atoms with Gasteiger partial charge < -0.3 is 14.2 Å². The minimum atomic E-state index is -0.505. The molecule has 0 aliphatic heterocycles. The maximum absolute atomic E-state index is 11.3. The van der Waals surface area contributed by atoms with Gasteiger partial charge in [-0.2, -0.15) is 0 Å². The second-order valence-electron chi connectivity index (χ2n) is 6.21. The molecule has 0 radical (unpaired) electrons. The molecule has 0 heterocycles. The number of ether oxygens (including phenoxy) is 3. The average Bonchev–Trinajstić information content (AvgIpc) is 2.79. The van der Waals surface area contributed by atoms with Crippen LogP contribution in [0.3, 0.4) is 0 Å². The maximum atomic E-state index is 11.3. The standard InChI is InChI=1S/C25H20O5/c1-4-24(26)29-20-11-6-17(7-12-20)19-10-15-22(23(16-19)28-3)18-8-13-21(14-9-18)30-25(27)5-2/h4-16H,1-2H2,3H3. The Morgan fingerprint density at radius 1 is 0.700 bits per heavy atom. The van der Waals surface area contributed by atoms with Gasteiger partial charge in [-0.15, -0.1) is 0 Å². The van der Waals surface area contributed by atoms with Crippen LogP contribution >= 0.6 is 0 Å². The van der Waals surface area contributed by atoms with E-state index in [4.69, 9.17) is 14.2 Å². The van der Waals surface area contributed by atoms with E-state index >= 15 is 0 Å². The van der Waals surface area contributed by atoms with E-state index in [2.05, 4.69) is 13.2 Å². The van der Waals surface area contributed by atoms with E-state index in [0.29, 0.717) is 17.2 Å². The predicted molar refractivity (Wildman–Crippen MR) is 116 cm³/mol. The molecule has 0 aliphatic carbocycles. The van der Waals surface area contributed by atoms with Crippen molar-refractivity contribution in [3.05, 3.63) is 92.0 Å². The van der Waals surface area contributed by atoms with Crippen molar-refractivity contribution in [3.63, 3.8) is 0 Å². The van der Waals surface area contributed by atoms with Crippen molar-refractivity contribution in [1.29, 1.82) is 0 Å². The largest absolute Gasteiger partial charge is 0.496 e. The van der Waals surface area contributed by atoms with Gasteiger partial charge in [0.1, 0.15) is 17.2 Å². The molecule has 0 bridgehead atoms. The van der Waals surface area contributed by atoms with Gasteiger partial charge in [-0.25, -0.2) is 9.59 Å². The van der Waals surface area contributed by atoms with Gasteiger partial charge in [0.2, 0.25) is 0 Å². The summed E-state index contributed by atoms with van der Waals surface area (Å²) in [7, 11) is 1.61. The quantitative estimate of drug-likeness (QED) is 0.309. The molecule has 0 fully saturated rings. The highest BCUT2D eigenvalue weighted by atomic mass is 16.5. The normalized spacial score (nSPS) is 10.0. The minimum absolute atomic E-state index is 0.441. The summed E-state index contributed by atoms with van der Waals surface area (Å²) in [6, 6.07) is 20.2. The molecule has 5 heteroatoms. The van der Waals surface area contributed by atoms with E-state index in [-0.39, 0.29) is 0 Å². The van der Waals surface area contributed by atoms with Gasteiger partial charge in [-0.3, -0.25) is 0 Å². The minimum Gasteiger partial charge on any atom is -0.496 e. The summed E-state index contributed by atoms with van der Waals surface area (Å²) in [4.78, 5) is 22.6. The van der Waals surface area contributed by atoms with Crippen molar-refractivity contribution in [2.24, 2.45) is 0 Å². The summed E-state index contributed by atoms with van der Waals surface area (Å²) >= 11 is 0. The van der Waals surface area contributed by atoms with Crippen LogP contribution in [0.5, 0.6) is 17.2 Å². The van der Waals surface area contributed by atoms with E-state index < -0.39 is 11.9 Å². The first-order valence-corrected chi connectivity index (χ1v) is 9.11. The van der Waals surface area contributed by atoms with E-state index in [1.54, 1.807) is 31.4 Å². The Kier molecular flexibility index (Phi) is 6.45. The van der Waals surface area contributed by atoms with Crippen LogP contribution in [0.15, 0.2) is 92.0 Å². The van der Waals surface area contributed by atoms with Gasteiger partial charge in [-0.1, -0.05) is 49.6 Å². The summed E-state index contributed by atoms with van der Waals surface area (Å²) in [5.74, 6) is 0.584. The fourth-order valence-electron chi connectivity index (χ4n) is 2.84. The molecule has 5 nitrogen and oxygen atoms in total. The first kappa shape index (κ1) is 20.6. The summed E-state index contributed by atoms with van der Waals surface area (Å²) in [5.41, 5.74) is 3.72. The number of esters is 2. The van der Waals surface area contributed by atoms with Gasteiger partial charge in [0.05, 0.1) is 7.11 Å². The third-order valence-electron chi connectivity index (χ3n) is 4.32. The third-order valence-corrected chi connectivity index (χ3v) is 4.32. The molecule has 0 N–H and O–H groups in total. The number of rotatable bonds is 7. The van der Waals surface area contributed by atoms with Crippen molar-refractivity contribution < 1.29 is 23.8 Å². The van der Waals surface area contributed by atoms with Crippen molar-refractivity contribution in [2.75, 3.05) is 7.11 Å². The number of benzene rings is 3. The van der Waals surface area contributed by atoms with Gasteiger partial charge in [0, 0.05) is 17.7 Å². The molecule has 0 aliphatic rings. The van der Waals surface area contributed by atoms with Crippen molar-refractivity contribution in [1.82, 2.24) is 0 Å². The molecule has 0 amide bonds. The van der Waals surface area contributed by atoms with Crippen molar-refractivity contribution in [3.8, 4) is 39.5 Å². The Hall–Kier alpha value is -4.12. The SMILES string of the molecule is C=CC(=O)Oc1ccc(-c2ccc(-c3ccc(OC(=O)C=C)cc3)c(OC)c2)cc1. The zero-order valence-electron chi connectivity index (χ0n) is 16.5. The molecule has 0 saturated heterocycles. The van der Waals surface area contributed by atoms with Gasteiger partial charge in [0.25, 0.3) is 0 Å². The van der Waals surface area contributed by atoms with E-state index in [1.165, 1.54) is 0 Å². The summed E-state index contributed by atoms with van der Waals surface area (Å²) in [5, 5.41) is 0. The molecule has 0 atom stereocenters. The number of hydrogen-bond acceptors (Lipinski definition) is 5. The maximum Gasteiger partial charge on any atom is 0.335 e. The van der Waals surface area contributed by atoms with Crippen LogP contribution in [-0.4, -0.2) is 19.0 Å². The number of methoxy groups -OCH3 is 1. The van der Waals surface area contributed by atoms with Crippen LogP contribution in [-0.2, 0) is 9.59 Å². The molecular weight excluding hydrogens is 380 g/mol. The van der Waals surface area contributed by atoms with Crippen LogP contribution < -0.4 is 14.2 Å². The molecule has 3 aromatic rings. The first-order valence-electron chi connectivity index (χ1n) is 9.11. The zero-order chi connectivity index (χ0) is 21.5. The molecule has 0 unspecified atom stereocenters. The second-order valence-corrected chi connectivity index (χ2v) is 6.21. The Labute approximate surface area is 174 Å². The van der Waals surface area contributed by atoms with Crippen LogP contribution in [0.2, 0.25) is 0 Å². The number of carbonyl (C=O) groups excluding carboxylic acids is 2. The molecule has 3 aromatic carbocycles. The fraction of sp³-hybridized carbons (Fsp3) is 0.0400. The lowest BCUT2D eigenvalue weighted by atomic mass is 9.99. The summed E-state index contributed by atoms with van der Waals surface area (Å²) < 4.78 is 15.8. The van der Waals surface area contributed by atoms with E-state index in [0.717, 1.165) is 34.4 Å². The Balaban J connectivity index is 1.84.